The van der Waals surface area contributed by atoms with Crippen molar-refractivity contribution in [2.45, 2.75) is 57.3 Å². The van der Waals surface area contributed by atoms with Crippen LogP contribution in [0, 0.1) is 5.92 Å². The highest BCUT2D eigenvalue weighted by molar-refractivity contribution is 5.84. The van der Waals surface area contributed by atoms with E-state index in [4.69, 9.17) is 0 Å². The molecule has 0 spiro atoms. The molecule has 0 fully saturated rings. The molecule has 0 atom stereocenters. The fourth-order valence-corrected chi connectivity index (χ4v) is 7.83. The average Bonchev–Trinajstić information content (AvgIpc) is 3.34. The van der Waals surface area contributed by atoms with Crippen LogP contribution < -0.4 is 0 Å². The Hall–Kier alpha value is -3.12. The van der Waals surface area contributed by atoms with E-state index in [1.165, 1.54) is 57.3 Å². The SMILES string of the molecule is CCCC1(C(C)C2(CCC)c3ccccc3-c3ccccc32)c2ccccc2-c2ccccc21. The normalized spacial score (nSPS) is 16.1. The Balaban J connectivity index is 1.70. The van der Waals surface area contributed by atoms with Gasteiger partial charge in [-0.1, -0.05) is 131 Å². The smallest absolute Gasteiger partial charge is 0.0252 e. The molecule has 4 aromatic carbocycles. The van der Waals surface area contributed by atoms with Crippen LogP contribution in [0.4, 0.5) is 0 Å². The van der Waals surface area contributed by atoms with Crippen molar-refractivity contribution in [2.75, 3.05) is 0 Å². The summed E-state index contributed by atoms with van der Waals surface area (Å²) in [6, 6.07) is 37.0. The summed E-state index contributed by atoms with van der Waals surface area (Å²) in [4.78, 5) is 0. The van der Waals surface area contributed by atoms with Gasteiger partial charge in [-0.25, -0.2) is 0 Å². The zero-order chi connectivity index (χ0) is 23.3. The van der Waals surface area contributed by atoms with Gasteiger partial charge in [-0.15, -0.1) is 0 Å². The van der Waals surface area contributed by atoms with Gasteiger partial charge in [0, 0.05) is 10.8 Å². The second-order valence-electron chi connectivity index (χ2n) is 10.3. The summed E-state index contributed by atoms with van der Waals surface area (Å²) in [7, 11) is 0. The quantitative estimate of drug-likeness (QED) is 0.279. The molecule has 0 unspecified atom stereocenters. The van der Waals surface area contributed by atoms with Crippen molar-refractivity contribution in [3.05, 3.63) is 119 Å². The maximum Gasteiger partial charge on any atom is 0.0252 e. The molecule has 4 aromatic rings. The van der Waals surface area contributed by atoms with Crippen molar-refractivity contribution < 1.29 is 0 Å². The lowest BCUT2D eigenvalue weighted by Crippen LogP contribution is -2.46. The summed E-state index contributed by atoms with van der Waals surface area (Å²) in [6.45, 7) is 7.30. The zero-order valence-electron chi connectivity index (χ0n) is 20.6. The molecule has 0 N–H and O–H groups in total. The van der Waals surface area contributed by atoms with Gasteiger partial charge in [0.25, 0.3) is 0 Å². The lowest BCUT2D eigenvalue weighted by Gasteiger charge is -2.49. The molecule has 0 nitrogen and oxygen atoms in total. The third kappa shape index (κ3) is 2.60. The fourth-order valence-electron chi connectivity index (χ4n) is 7.83. The average molecular weight is 443 g/mol. The lowest BCUT2D eigenvalue weighted by molar-refractivity contribution is 0.208. The van der Waals surface area contributed by atoms with Crippen molar-refractivity contribution in [2.24, 2.45) is 5.92 Å². The van der Waals surface area contributed by atoms with Crippen LogP contribution in [0.3, 0.4) is 0 Å². The van der Waals surface area contributed by atoms with Gasteiger partial charge in [-0.3, -0.25) is 0 Å². The largest absolute Gasteiger partial charge is 0.0653 e. The summed E-state index contributed by atoms with van der Waals surface area (Å²) in [6.07, 6.45) is 4.66. The number of hydrogen-bond acceptors (Lipinski definition) is 0. The molecule has 6 rings (SSSR count). The molecule has 2 aliphatic rings. The molecule has 0 aliphatic heterocycles. The third-order valence-electron chi connectivity index (χ3n) is 8.98. The minimum absolute atomic E-state index is 0.0122. The van der Waals surface area contributed by atoms with E-state index >= 15 is 0 Å². The maximum atomic E-state index is 2.57. The molecule has 0 saturated heterocycles. The summed E-state index contributed by atoms with van der Waals surface area (Å²) < 4.78 is 0. The third-order valence-corrected chi connectivity index (χ3v) is 8.98. The minimum atomic E-state index is -0.0122. The van der Waals surface area contributed by atoms with E-state index in [0.29, 0.717) is 5.92 Å². The van der Waals surface area contributed by atoms with Crippen molar-refractivity contribution in [3.63, 3.8) is 0 Å². The molecule has 170 valence electrons. The Kier molecular flexibility index (Phi) is 5.03. The van der Waals surface area contributed by atoms with Crippen molar-refractivity contribution in [1.82, 2.24) is 0 Å². The number of benzene rings is 4. The maximum absolute atomic E-state index is 2.57. The molecule has 0 saturated carbocycles. The zero-order valence-corrected chi connectivity index (χ0v) is 20.6. The molecule has 0 amide bonds. The Morgan fingerprint density at radius 1 is 0.471 bits per heavy atom. The minimum Gasteiger partial charge on any atom is -0.0653 e. The standard InChI is InChI=1S/C34H34/c1-4-22-33(29-18-10-6-14-25(29)26-15-7-11-19-30(26)33)24(3)34(23-5-2)31-20-12-8-16-27(31)28-17-9-13-21-32(28)34/h6-21,24H,4-5,22-23H2,1-3H3. The van der Waals surface area contributed by atoms with Gasteiger partial charge in [0.1, 0.15) is 0 Å². The van der Waals surface area contributed by atoms with Gasteiger partial charge in [0.2, 0.25) is 0 Å². The van der Waals surface area contributed by atoms with E-state index in [9.17, 15) is 0 Å². The first-order chi connectivity index (χ1) is 16.7. The van der Waals surface area contributed by atoms with Gasteiger partial charge in [-0.05, 0) is 63.3 Å². The van der Waals surface area contributed by atoms with Crippen LogP contribution in [0.25, 0.3) is 22.3 Å². The lowest BCUT2D eigenvalue weighted by atomic mass is 9.53. The Morgan fingerprint density at radius 2 is 0.735 bits per heavy atom. The summed E-state index contributed by atoms with van der Waals surface area (Å²) >= 11 is 0. The molecule has 0 heterocycles. The summed E-state index contributed by atoms with van der Waals surface area (Å²) in [5.41, 5.74) is 11.8. The first-order valence-electron chi connectivity index (χ1n) is 13.1. The second kappa shape index (κ2) is 7.98. The summed E-state index contributed by atoms with van der Waals surface area (Å²) in [5, 5.41) is 0. The molecule has 0 aromatic heterocycles. The van der Waals surface area contributed by atoms with Crippen LogP contribution in [-0.2, 0) is 10.8 Å². The predicted octanol–water partition coefficient (Wildman–Crippen LogP) is 9.16. The van der Waals surface area contributed by atoms with Crippen LogP contribution in [-0.4, -0.2) is 0 Å². The highest BCUT2D eigenvalue weighted by Gasteiger charge is 2.57. The van der Waals surface area contributed by atoms with Crippen LogP contribution in [0.2, 0.25) is 0 Å². The fraction of sp³-hybridized carbons (Fsp3) is 0.294. The van der Waals surface area contributed by atoms with Gasteiger partial charge in [0.05, 0.1) is 0 Å². The highest BCUT2D eigenvalue weighted by atomic mass is 14.6. The van der Waals surface area contributed by atoms with E-state index in [2.05, 4.69) is 118 Å². The first-order valence-corrected chi connectivity index (χ1v) is 13.1. The van der Waals surface area contributed by atoms with Crippen LogP contribution in [0.15, 0.2) is 97.1 Å². The van der Waals surface area contributed by atoms with Crippen LogP contribution in [0.1, 0.15) is 68.7 Å². The van der Waals surface area contributed by atoms with Crippen molar-refractivity contribution in [3.8, 4) is 22.3 Å². The summed E-state index contributed by atoms with van der Waals surface area (Å²) in [5.74, 6) is 0.412. The van der Waals surface area contributed by atoms with Gasteiger partial charge >= 0.3 is 0 Å². The molecule has 2 aliphatic carbocycles. The van der Waals surface area contributed by atoms with Crippen LogP contribution >= 0.6 is 0 Å². The van der Waals surface area contributed by atoms with Gasteiger partial charge < -0.3 is 0 Å². The van der Waals surface area contributed by atoms with Crippen molar-refractivity contribution in [1.29, 1.82) is 0 Å². The first kappa shape index (κ1) is 21.4. The van der Waals surface area contributed by atoms with Gasteiger partial charge in [0.15, 0.2) is 0 Å². The molecule has 34 heavy (non-hydrogen) atoms. The van der Waals surface area contributed by atoms with E-state index in [1.807, 2.05) is 0 Å². The van der Waals surface area contributed by atoms with E-state index in [-0.39, 0.29) is 10.8 Å². The van der Waals surface area contributed by atoms with Crippen molar-refractivity contribution >= 4 is 0 Å². The molecular weight excluding hydrogens is 408 g/mol. The molecule has 0 radical (unpaired) electrons. The van der Waals surface area contributed by atoms with E-state index in [0.717, 1.165) is 12.8 Å². The van der Waals surface area contributed by atoms with Gasteiger partial charge in [-0.2, -0.15) is 0 Å². The highest BCUT2D eigenvalue weighted by Crippen LogP contribution is 2.64. The molecule has 0 heteroatoms. The Morgan fingerprint density at radius 3 is 1.00 bits per heavy atom. The number of rotatable bonds is 6. The Bertz CT molecular complexity index is 1160. The van der Waals surface area contributed by atoms with E-state index < -0.39 is 0 Å². The molecule has 0 bridgehead atoms. The van der Waals surface area contributed by atoms with E-state index in [1.54, 1.807) is 0 Å². The topological polar surface area (TPSA) is 0 Å². The monoisotopic (exact) mass is 442 g/mol. The van der Waals surface area contributed by atoms with Crippen LogP contribution in [0.5, 0.6) is 0 Å². The second-order valence-corrected chi connectivity index (χ2v) is 10.3. The predicted molar refractivity (Wildman–Crippen MR) is 144 cm³/mol. The number of fused-ring (bicyclic) bond motifs is 6. The molecular formula is C34H34. The number of hydrogen-bond donors (Lipinski definition) is 0. The Labute approximate surface area is 204 Å².